The number of nitrogens with one attached hydrogen (secondary N) is 3. The number of hydrogen-bond acceptors (Lipinski definition) is 3. The molecule has 1 rings (SSSR count). The van der Waals surface area contributed by atoms with E-state index in [0.29, 0.717) is 23.5 Å². The van der Waals surface area contributed by atoms with Gasteiger partial charge in [0.05, 0.1) is 0 Å². The molecule has 0 atom stereocenters. The second-order valence-corrected chi connectivity index (χ2v) is 6.74. The Kier molecular flexibility index (Phi) is 8.11. The minimum atomic E-state index is -0.170. The van der Waals surface area contributed by atoms with Gasteiger partial charge in [-0.3, -0.25) is 14.4 Å². The number of amides is 3. The van der Waals surface area contributed by atoms with E-state index < -0.39 is 0 Å². The van der Waals surface area contributed by atoms with E-state index in [1.54, 1.807) is 45.9 Å². The van der Waals surface area contributed by atoms with Crippen molar-refractivity contribution >= 4 is 34.8 Å². The topological polar surface area (TPSA) is 87.3 Å². The molecular weight excluding hydrogens is 318 g/mol. The average Bonchev–Trinajstić information content (AvgIpc) is 2.52. The number of carbonyl (C=O) groups excluding carboxylic acids is 3. The Morgan fingerprint density at radius 1 is 0.800 bits per heavy atom. The molecule has 0 aliphatic rings. The van der Waals surface area contributed by atoms with Crippen LogP contribution in [0.3, 0.4) is 0 Å². The maximum atomic E-state index is 12.0. The lowest BCUT2D eigenvalue weighted by molar-refractivity contribution is -0.119. The minimum absolute atomic E-state index is 0.0877. The van der Waals surface area contributed by atoms with Crippen LogP contribution in [-0.2, 0) is 14.4 Å². The van der Waals surface area contributed by atoms with Gasteiger partial charge in [0.2, 0.25) is 17.7 Å². The summed E-state index contributed by atoms with van der Waals surface area (Å²) in [6, 6.07) is 5.06. The number of rotatable bonds is 8. The van der Waals surface area contributed by atoms with Crippen LogP contribution in [-0.4, -0.2) is 17.7 Å². The molecule has 6 heteroatoms. The van der Waals surface area contributed by atoms with Crippen LogP contribution in [0.1, 0.15) is 53.9 Å². The van der Waals surface area contributed by atoms with Gasteiger partial charge in [-0.1, -0.05) is 41.0 Å². The van der Waals surface area contributed by atoms with Crippen molar-refractivity contribution in [2.24, 2.45) is 11.8 Å². The first-order valence-electron chi connectivity index (χ1n) is 8.79. The third-order valence-corrected chi connectivity index (χ3v) is 3.56. The number of benzene rings is 1. The molecule has 0 saturated heterocycles. The molecule has 6 nitrogen and oxygen atoms in total. The van der Waals surface area contributed by atoms with Gasteiger partial charge in [-0.15, -0.1) is 0 Å². The van der Waals surface area contributed by atoms with Gasteiger partial charge in [-0.05, 0) is 24.6 Å². The molecular formula is C19H29N3O3. The molecule has 0 saturated carbocycles. The van der Waals surface area contributed by atoms with Gasteiger partial charge in [0.1, 0.15) is 0 Å². The highest BCUT2D eigenvalue weighted by atomic mass is 16.2. The fraction of sp³-hybridized carbons (Fsp3) is 0.526. The Balaban J connectivity index is 3.02. The smallest absolute Gasteiger partial charge is 0.226 e. The molecule has 0 aliphatic heterocycles. The van der Waals surface area contributed by atoms with E-state index in [-0.39, 0.29) is 29.6 Å². The number of unbranched alkanes of at least 4 members (excludes halogenated alkanes) is 1. The molecule has 138 valence electrons. The van der Waals surface area contributed by atoms with Gasteiger partial charge >= 0.3 is 0 Å². The van der Waals surface area contributed by atoms with Gasteiger partial charge in [0, 0.05) is 35.3 Å². The van der Waals surface area contributed by atoms with E-state index in [1.807, 2.05) is 6.92 Å². The van der Waals surface area contributed by atoms with Crippen LogP contribution in [0.5, 0.6) is 0 Å². The van der Waals surface area contributed by atoms with Gasteiger partial charge in [0.25, 0.3) is 0 Å². The van der Waals surface area contributed by atoms with Crippen LogP contribution < -0.4 is 16.0 Å². The van der Waals surface area contributed by atoms with E-state index in [4.69, 9.17) is 0 Å². The predicted octanol–water partition coefficient (Wildman–Crippen LogP) is 4.00. The first-order valence-corrected chi connectivity index (χ1v) is 8.79. The zero-order chi connectivity index (χ0) is 19.0. The first-order chi connectivity index (χ1) is 11.7. The second-order valence-electron chi connectivity index (χ2n) is 6.74. The van der Waals surface area contributed by atoms with Gasteiger partial charge in [-0.2, -0.15) is 0 Å². The third kappa shape index (κ3) is 7.37. The highest BCUT2D eigenvalue weighted by Gasteiger charge is 2.12. The summed E-state index contributed by atoms with van der Waals surface area (Å²) in [5.41, 5.74) is 1.61. The molecule has 0 radical (unpaired) electrons. The van der Waals surface area contributed by atoms with E-state index >= 15 is 0 Å². The Morgan fingerprint density at radius 2 is 1.20 bits per heavy atom. The lowest BCUT2D eigenvalue weighted by atomic mass is 10.1. The SMILES string of the molecule is CCCCC(=O)Nc1cc(NC(=O)C(C)C)cc(NC(=O)C(C)C)c1. The van der Waals surface area contributed by atoms with Crippen molar-refractivity contribution in [1.29, 1.82) is 0 Å². The molecule has 0 aromatic heterocycles. The van der Waals surface area contributed by atoms with Gasteiger partial charge in [0.15, 0.2) is 0 Å². The van der Waals surface area contributed by atoms with Crippen molar-refractivity contribution in [2.45, 2.75) is 53.9 Å². The normalized spacial score (nSPS) is 10.7. The van der Waals surface area contributed by atoms with Crippen LogP contribution in [0.25, 0.3) is 0 Å². The van der Waals surface area contributed by atoms with Crippen molar-refractivity contribution in [3.63, 3.8) is 0 Å². The molecule has 0 heterocycles. The average molecular weight is 347 g/mol. The van der Waals surface area contributed by atoms with Gasteiger partial charge in [-0.25, -0.2) is 0 Å². The molecule has 0 aliphatic carbocycles. The monoisotopic (exact) mass is 347 g/mol. The Hall–Kier alpha value is -2.37. The van der Waals surface area contributed by atoms with Crippen LogP contribution >= 0.6 is 0 Å². The summed E-state index contributed by atoms with van der Waals surface area (Å²) in [5.74, 6) is -0.686. The summed E-state index contributed by atoms with van der Waals surface area (Å²) >= 11 is 0. The fourth-order valence-corrected chi connectivity index (χ4v) is 1.98. The van der Waals surface area contributed by atoms with Crippen LogP contribution in [0, 0.1) is 11.8 Å². The Morgan fingerprint density at radius 3 is 1.56 bits per heavy atom. The zero-order valence-corrected chi connectivity index (χ0v) is 15.7. The molecule has 0 spiro atoms. The molecule has 0 bridgehead atoms. The van der Waals surface area contributed by atoms with E-state index in [2.05, 4.69) is 16.0 Å². The largest absolute Gasteiger partial charge is 0.326 e. The molecule has 0 unspecified atom stereocenters. The molecule has 1 aromatic carbocycles. The lowest BCUT2D eigenvalue weighted by Gasteiger charge is -2.14. The fourth-order valence-electron chi connectivity index (χ4n) is 1.98. The Bertz CT molecular complexity index is 584. The zero-order valence-electron chi connectivity index (χ0n) is 15.7. The van der Waals surface area contributed by atoms with E-state index in [9.17, 15) is 14.4 Å². The predicted molar refractivity (Wildman–Crippen MR) is 102 cm³/mol. The van der Waals surface area contributed by atoms with Crippen molar-refractivity contribution < 1.29 is 14.4 Å². The summed E-state index contributed by atoms with van der Waals surface area (Å²) < 4.78 is 0. The number of hydrogen-bond donors (Lipinski definition) is 3. The summed E-state index contributed by atoms with van der Waals surface area (Å²) in [4.78, 5) is 35.9. The lowest BCUT2D eigenvalue weighted by Crippen LogP contribution is -2.20. The van der Waals surface area contributed by atoms with Crippen LogP contribution in [0.4, 0.5) is 17.1 Å². The van der Waals surface area contributed by atoms with Crippen molar-refractivity contribution in [1.82, 2.24) is 0 Å². The third-order valence-electron chi connectivity index (χ3n) is 3.56. The second kappa shape index (κ2) is 9.81. The van der Waals surface area contributed by atoms with Crippen molar-refractivity contribution in [2.75, 3.05) is 16.0 Å². The highest BCUT2D eigenvalue weighted by molar-refractivity contribution is 5.98. The summed E-state index contributed by atoms with van der Waals surface area (Å²) in [6.45, 7) is 9.22. The van der Waals surface area contributed by atoms with E-state index in [1.165, 1.54) is 0 Å². The van der Waals surface area contributed by atoms with E-state index in [0.717, 1.165) is 12.8 Å². The minimum Gasteiger partial charge on any atom is -0.326 e. The van der Waals surface area contributed by atoms with Crippen LogP contribution in [0.2, 0.25) is 0 Å². The molecule has 1 aromatic rings. The summed E-state index contributed by atoms with van der Waals surface area (Å²) in [5, 5.41) is 8.42. The maximum Gasteiger partial charge on any atom is 0.226 e. The molecule has 0 fully saturated rings. The molecule has 3 N–H and O–H groups in total. The van der Waals surface area contributed by atoms with Crippen molar-refractivity contribution in [3.8, 4) is 0 Å². The number of carbonyl (C=O) groups is 3. The molecule has 3 amide bonds. The maximum absolute atomic E-state index is 12.0. The summed E-state index contributed by atoms with van der Waals surface area (Å²) in [7, 11) is 0. The van der Waals surface area contributed by atoms with Crippen LogP contribution in [0.15, 0.2) is 18.2 Å². The molecule has 25 heavy (non-hydrogen) atoms. The van der Waals surface area contributed by atoms with Gasteiger partial charge < -0.3 is 16.0 Å². The number of anilines is 3. The quantitative estimate of drug-likeness (QED) is 0.664. The summed E-state index contributed by atoms with van der Waals surface area (Å²) in [6.07, 6.45) is 2.19. The Labute approximate surface area is 149 Å². The van der Waals surface area contributed by atoms with Crippen molar-refractivity contribution in [3.05, 3.63) is 18.2 Å². The first kappa shape index (κ1) is 20.7. The standard InChI is InChI=1S/C19H29N3O3/c1-6-7-8-17(23)20-14-9-15(21-18(24)12(2)3)11-16(10-14)22-19(25)13(4)5/h9-13H,6-8H2,1-5H3,(H,20,23)(H,21,24)(H,22,25). The highest BCUT2D eigenvalue weighted by Crippen LogP contribution is 2.24.